The molecule has 2 N–H and O–H groups in total. The standard InChI is InChI=1S/C19H19ClN4O/c1-12-13(2)23-18-11-16(7-8-17(18)22-12)24-19(25)21-10-9-14-3-5-15(20)6-4-14/h3-8,11H,9-10H2,1-2H3,(H2,21,24,25). The normalized spacial score (nSPS) is 10.7. The molecule has 2 amide bonds. The van der Waals surface area contributed by atoms with Gasteiger partial charge in [-0.05, 0) is 56.2 Å². The van der Waals surface area contributed by atoms with Gasteiger partial charge in [0, 0.05) is 17.3 Å². The molecule has 0 bridgehead atoms. The van der Waals surface area contributed by atoms with E-state index in [1.807, 2.05) is 56.3 Å². The minimum Gasteiger partial charge on any atom is -0.338 e. The predicted octanol–water partition coefficient (Wildman–Crippen LogP) is 4.26. The van der Waals surface area contributed by atoms with Gasteiger partial charge in [0.1, 0.15) is 0 Å². The molecular formula is C19H19ClN4O. The molecule has 0 saturated carbocycles. The maximum absolute atomic E-state index is 12.0. The van der Waals surface area contributed by atoms with Crippen LogP contribution in [0.3, 0.4) is 0 Å². The molecule has 5 nitrogen and oxygen atoms in total. The van der Waals surface area contributed by atoms with Crippen molar-refractivity contribution in [2.45, 2.75) is 20.3 Å². The number of aryl methyl sites for hydroxylation is 2. The Morgan fingerprint density at radius 3 is 2.40 bits per heavy atom. The molecule has 128 valence electrons. The first-order valence-electron chi connectivity index (χ1n) is 8.05. The van der Waals surface area contributed by atoms with E-state index in [1.165, 1.54) is 0 Å². The zero-order chi connectivity index (χ0) is 17.8. The first kappa shape index (κ1) is 17.2. The van der Waals surface area contributed by atoms with Gasteiger partial charge in [0.2, 0.25) is 0 Å². The number of aromatic nitrogens is 2. The van der Waals surface area contributed by atoms with Gasteiger partial charge in [-0.3, -0.25) is 0 Å². The summed E-state index contributed by atoms with van der Waals surface area (Å²) in [5.74, 6) is 0. The van der Waals surface area contributed by atoms with Crippen molar-refractivity contribution in [2.75, 3.05) is 11.9 Å². The molecule has 25 heavy (non-hydrogen) atoms. The van der Waals surface area contributed by atoms with Crippen LogP contribution in [0.25, 0.3) is 11.0 Å². The molecule has 0 aliphatic carbocycles. The zero-order valence-corrected chi connectivity index (χ0v) is 14.9. The Morgan fingerprint density at radius 1 is 1.00 bits per heavy atom. The molecular weight excluding hydrogens is 336 g/mol. The van der Waals surface area contributed by atoms with E-state index >= 15 is 0 Å². The highest BCUT2D eigenvalue weighted by Gasteiger charge is 2.05. The summed E-state index contributed by atoms with van der Waals surface area (Å²) in [4.78, 5) is 21.0. The maximum Gasteiger partial charge on any atom is 0.319 e. The first-order chi connectivity index (χ1) is 12.0. The number of benzene rings is 2. The van der Waals surface area contributed by atoms with Gasteiger partial charge in [0.25, 0.3) is 0 Å². The number of anilines is 1. The maximum atomic E-state index is 12.0. The van der Waals surface area contributed by atoms with Crippen molar-refractivity contribution in [1.29, 1.82) is 0 Å². The number of nitrogens with one attached hydrogen (secondary N) is 2. The molecule has 0 fully saturated rings. The third-order valence-electron chi connectivity index (χ3n) is 3.95. The number of halogens is 1. The molecule has 0 unspecified atom stereocenters. The number of urea groups is 1. The lowest BCUT2D eigenvalue weighted by Gasteiger charge is -2.09. The Labute approximate surface area is 151 Å². The molecule has 1 aromatic heterocycles. The third kappa shape index (κ3) is 4.45. The topological polar surface area (TPSA) is 66.9 Å². The SMILES string of the molecule is Cc1nc2ccc(NC(=O)NCCc3ccc(Cl)cc3)cc2nc1C. The quantitative estimate of drug-likeness (QED) is 0.735. The van der Waals surface area contributed by atoms with Crippen LogP contribution in [0, 0.1) is 13.8 Å². The van der Waals surface area contributed by atoms with Gasteiger partial charge >= 0.3 is 6.03 Å². The van der Waals surface area contributed by atoms with Crippen molar-refractivity contribution in [3.63, 3.8) is 0 Å². The number of carbonyl (C=O) groups is 1. The zero-order valence-electron chi connectivity index (χ0n) is 14.1. The van der Waals surface area contributed by atoms with Crippen molar-refractivity contribution in [2.24, 2.45) is 0 Å². The van der Waals surface area contributed by atoms with Crippen LogP contribution in [0.4, 0.5) is 10.5 Å². The van der Waals surface area contributed by atoms with Crippen molar-refractivity contribution in [1.82, 2.24) is 15.3 Å². The number of hydrogen-bond donors (Lipinski definition) is 2. The Bertz CT molecular complexity index is 909. The lowest BCUT2D eigenvalue weighted by molar-refractivity contribution is 0.252. The average molecular weight is 355 g/mol. The number of rotatable bonds is 4. The van der Waals surface area contributed by atoms with E-state index in [9.17, 15) is 4.79 Å². The summed E-state index contributed by atoms with van der Waals surface area (Å²) < 4.78 is 0. The van der Waals surface area contributed by atoms with Crippen LogP contribution in [0.1, 0.15) is 17.0 Å². The molecule has 3 aromatic rings. The van der Waals surface area contributed by atoms with E-state index in [2.05, 4.69) is 20.6 Å². The van der Waals surface area contributed by atoms with Gasteiger partial charge in [-0.15, -0.1) is 0 Å². The van der Waals surface area contributed by atoms with Crippen LogP contribution in [0.2, 0.25) is 5.02 Å². The van der Waals surface area contributed by atoms with Gasteiger partial charge in [0.05, 0.1) is 22.4 Å². The van der Waals surface area contributed by atoms with Crippen molar-refractivity contribution >= 4 is 34.4 Å². The first-order valence-corrected chi connectivity index (χ1v) is 8.43. The summed E-state index contributed by atoms with van der Waals surface area (Å²) in [5.41, 5.74) is 5.19. The van der Waals surface area contributed by atoms with Crippen LogP contribution in [-0.4, -0.2) is 22.5 Å². The summed E-state index contributed by atoms with van der Waals surface area (Å²) in [7, 11) is 0. The van der Waals surface area contributed by atoms with Crippen molar-refractivity contribution in [3.05, 3.63) is 64.4 Å². The number of nitrogens with zero attached hydrogens (tertiary/aromatic N) is 2. The van der Waals surface area contributed by atoms with Gasteiger partial charge in [0.15, 0.2) is 0 Å². The van der Waals surface area contributed by atoms with Gasteiger partial charge in [-0.2, -0.15) is 0 Å². The number of carbonyl (C=O) groups excluding carboxylic acids is 1. The van der Waals surface area contributed by atoms with Gasteiger partial charge in [-0.25, -0.2) is 14.8 Å². The van der Waals surface area contributed by atoms with E-state index in [1.54, 1.807) is 0 Å². The molecule has 0 spiro atoms. The number of fused-ring (bicyclic) bond motifs is 1. The van der Waals surface area contributed by atoms with Gasteiger partial charge in [-0.1, -0.05) is 23.7 Å². The highest BCUT2D eigenvalue weighted by molar-refractivity contribution is 6.30. The molecule has 3 rings (SSSR count). The van der Waals surface area contributed by atoms with Crippen LogP contribution in [0.5, 0.6) is 0 Å². The smallest absolute Gasteiger partial charge is 0.319 e. The molecule has 6 heteroatoms. The fourth-order valence-corrected chi connectivity index (χ4v) is 2.58. The van der Waals surface area contributed by atoms with Crippen LogP contribution in [-0.2, 0) is 6.42 Å². The Morgan fingerprint density at radius 2 is 1.68 bits per heavy atom. The highest BCUT2D eigenvalue weighted by atomic mass is 35.5. The monoisotopic (exact) mass is 354 g/mol. The van der Waals surface area contributed by atoms with E-state index in [0.717, 1.165) is 34.4 Å². The third-order valence-corrected chi connectivity index (χ3v) is 4.20. The minimum absolute atomic E-state index is 0.245. The number of amides is 2. The summed E-state index contributed by atoms with van der Waals surface area (Å²) >= 11 is 5.86. The summed E-state index contributed by atoms with van der Waals surface area (Å²) in [6.45, 7) is 4.40. The van der Waals surface area contributed by atoms with E-state index in [4.69, 9.17) is 11.6 Å². The molecule has 0 atom stereocenters. The molecule has 2 aromatic carbocycles. The lowest BCUT2D eigenvalue weighted by atomic mass is 10.1. The molecule has 0 saturated heterocycles. The Hall–Kier alpha value is -2.66. The summed E-state index contributed by atoms with van der Waals surface area (Å²) in [6.07, 6.45) is 0.742. The molecule has 0 aliphatic heterocycles. The molecule has 1 heterocycles. The van der Waals surface area contributed by atoms with E-state index in [0.29, 0.717) is 17.3 Å². The minimum atomic E-state index is -0.245. The van der Waals surface area contributed by atoms with E-state index in [-0.39, 0.29) is 6.03 Å². The van der Waals surface area contributed by atoms with Crippen molar-refractivity contribution in [3.8, 4) is 0 Å². The Kier molecular flexibility index (Phi) is 5.14. The number of hydrogen-bond acceptors (Lipinski definition) is 3. The lowest BCUT2D eigenvalue weighted by Crippen LogP contribution is -2.30. The average Bonchev–Trinajstić information content (AvgIpc) is 2.58. The fraction of sp³-hybridized carbons (Fsp3) is 0.211. The van der Waals surface area contributed by atoms with E-state index < -0.39 is 0 Å². The molecule has 0 radical (unpaired) electrons. The molecule has 0 aliphatic rings. The van der Waals surface area contributed by atoms with Crippen molar-refractivity contribution < 1.29 is 4.79 Å². The second-order valence-electron chi connectivity index (χ2n) is 5.86. The van der Waals surface area contributed by atoms with Gasteiger partial charge < -0.3 is 10.6 Å². The Balaban J connectivity index is 1.58. The van der Waals surface area contributed by atoms with Crippen LogP contribution >= 0.6 is 11.6 Å². The second kappa shape index (κ2) is 7.49. The fourth-order valence-electron chi connectivity index (χ4n) is 2.46. The predicted molar refractivity (Wildman–Crippen MR) is 101 cm³/mol. The summed E-state index contributed by atoms with van der Waals surface area (Å²) in [5, 5.41) is 6.38. The van der Waals surface area contributed by atoms with Crippen LogP contribution in [0.15, 0.2) is 42.5 Å². The highest BCUT2D eigenvalue weighted by Crippen LogP contribution is 2.17. The van der Waals surface area contributed by atoms with Crippen LogP contribution < -0.4 is 10.6 Å². The summed E-state index contributed by atoms with van der Waals surface area (Å²) in [6, 6.07) is 12.9. The second-order valence-corrected chi connectivity index (χ2v) is 6.29. The largest absolute Gasteiger partial charge is 0.338 e.